The highest BCUT2D eigenvalue weighted by atomic mass is 79.9. The first-order valence-electron chi connectivity index (χ1n) is 9.11. The summed E-state index contributed by atoms with van der Waals surface area (Å²) in [7, 11) is 0. The van der Waals surface area contributed by atoms with Crippen LogP contribution in [0.2, 0.25) is 0 Å². The van der Waals surface area contributed by atoms with Gasteiger partial charge in [0.25, 0.3) is 0 Å². The molecule has 2 atom stereocenters. The van der Waals surface area contributed by atoms with Gasteiger partial charge in [-0.1, -0.05) is 22.0 Å². The third-order valence-corrected chi connectivity index (χ3v) is 6.89. The molecule has 0 aliphatic carbocycles. The van der Waals surface area contributed by atoms with E-state index in [0.29, 0.717) is 18.6 Å². The number of ether oxygens (including phenoxy) is 1. The Labute approximate surface area is 174 Å². The standard InChI is InChI=1S/C19H24BrF3N2O2S/c1-18(2,3)28(26)24-17(19(21,22)23)15-11-25(13-6-8-27-9-7-13)16-10-12(20)4-5-14(15)16/h4-5,10-11,13,17,24H,6-9H2,1-3H3/t17-,28?/m0/s1. The first kappa shape index (κ1) is 22.0. The molecule has 1 aromatic heterocycles. The number of hydrogen-bond acceptors (Lipinski definition) is 3. The number of nitrogens with zero attached hydrogens (tertiary/aromatic N) is 1. The quantitative estimate of drug-likeness (QED) is 0.595. The van der Waals surface area contributed by atoms with E-state index in [2.05, 4.69) is 20.7 Å². The van der Waals surface area contributed by atoms with Crippen LogP contribution in [0, 0.1) is 0 Å². The van der Waals surface area contributed by atoms with Crippen molar-refractivity contribution < 1.29 is 22.5 Å². The van der Waals surface area contributed by atoms with Crippen LogP contribution >= 0.6 is 15.9 Å². The molecule has 1 aromatic carbocycles. The van der Waals surface area contributed by atoms with Crippen LogP contribution in [-0.2, 0) is 16.1 Å². The van der Waals surface area contributed by atoms with Gasteiger partial charge in [-0.2, -0.15) is 13.2 Å². The van der Waals surface area contributed by atoms with Gasteiger partial charge in [0.15, 0.2) is 6.04 Å². The molecule has 1 N–H and O–H groups in total. The lowest BCUT2D eigenvalue weighted by Crippen LogP contribution is -2.45. The number of nitrogens with one attached hydrogen (secondary N) is 1. The molecule has 1 fully saturated rings. The lowest BCUT2D eigenvalue weighted by molar-refractivity contribution is -0.152. The van der Waals surface area contributed by atoms with E-state index in [-0.39, 0.29) is 11.6 Å². The van der Waals surface area contributed by atoms with Gasteiger partial charge in [-0.25, -0.2) is 0 Å². The molecule has 28 heavy (non-hydrogen) atoms. The first-order valence-corrected chi connectivity index (χ1v) is 11.1. The van der Waals surface area contributed by atoms with Gasteiger partial charge >= 0.3 is 6.18 Å². The van der Waals surface area contributed by atoms with E-state index in [1.165, 1.54) is 0 Å². The summed E-state index contributed by atoms with van der Waals surface area (Å²) in [6.07, 6.45) is -1.53. The van der Waals surface area contributed by atoms with Crippen molar-refractivity contribution in [2.24, 2.45) is 0 Å². The van der Waals surface area contributed by atoms with Gasteiger partial charge in [-0.3, -0.25) is 0 Å². The van der Waals surface area contributed by atoms with Gasteiger partial charge in [-0.15, -0.1) is 4.72 Å². The van der Waals surface area contributed by atoms with Crippen molar-refractivity contribution in [3.63, 3.8) is 0 Å². The van der Waals surface area contributed by atoms with Gasteiger partial charge in [0, 0.05) is 57.8 Å². The fraction of sp³-hybridized carbons (Fsp3) is 0.579. The average Bonchev–Trinajstić information content (AvgIpc) is 2.96. The van der Waals surface area contributed by atoms with Crippen LogP contribution in [0.5, 0.6) is 0 Å². The summed E-state index contributed by atoms with van der Waals surface area (Å²) in [4.78, 5) is 0. The topological polar surface area (TPSA) is 49.2 Å². The SMILES string of the molecule is CC(C)(C)[S+]([O-])N[C@@H](c1cn(C2CCOCC2)c2cc(Br)ccc12)C(F)(F)F. The Bertz CT molecular complexity index is 829. The van der Waals surface area contributed by atoms with E-state index in [9.17, 15) is 17.7 Å². The number of fused-ring (bicyclic) bond motifs is 1. The first-order chi connectivity index (χ1) is 13.0. The number of aromatic nitrogens is 1. The van der Waals surface area contributed by atoms with Crippen LogP contribution in [0.4, 0.5) is 13.2 Å². The maximum atomic E-state index is 14.0. The summed E-state index contributed by atoms with van der Waals surface area (Å²) in [5.74, 6) is 0. The molecule has 1 aliphatic rings. The predicted molar refractivity (Wildman–Crippen MR) is 109 cm³/mol. The van der Waals surface area contributed by atoms with Crippen LogP contribution in [-0.4, -0.2) is 33.3 Å². The van der Waals surface area contributed by atoms with Crippen LogP contribution in [0.15, 0.2) is 28.9 Å². The maximum Gasteiger partial charge on any atom is 0.412 e. The minimum absolute atomic E-state index is 0.0706. The molecular formula is C19H24BrF3N2O2S. The zero-order valence-corrected chi connectivity index (χ0v) is 18.4. The highest BCUT2D eigenvalue weighted by molar-refractivity contribution is 9.10. The number of halogens is 4. The minimum Gasteiger partial charge on any atom is -0.598 e. The number of benzene rings is 1. The summed E-state index contributed by atoms with van der Waals surface area (Å²) >= 11 is 1.55. The van der Waals surface area contributed by atoms with Crippen molar-refractivity contribution in [1.82, 2.24) is 9.29 Å². The Balaban J connectivity index is 2.11. The van der Waals surface area contributed by atoms with Crippen molar-refractivity contribution in [1.29, 1.82) is 0 Å². The Hall–Kier alpha value is -0.740. The minimum atomic E-state index is -4.58. The second-order valence-electron chi connectivity index (χ2n) is 7.97. The van der Waals surface area contributed by atoms with E-state index in [1.54, 1.807) is 39.1 Å². The smallest absolute Gasteiger partial charge is 0.412 e. The Morgan fingerprint density at radius 2 is 1.89 bits per heavy atom. The lowest BCUT2D eigenvalue weighted by atomic mass is 10.1. The van der Waals surface area contributed by atoms with Crippen molar-refractivity contribution in [2.75, 3.05) is 13.2 Å². The Morgan fingerprint density at radius 1 is 1.25 bits per heavy atom. The maximum absolute atomic E-state index is 14.0. The molecule has 0 amide bonds. The number of alkyl halides is 3. The molecular weight excluding hydrogens is 457 g/mol. The molecule has 2 aromatic rings. The zero-order chi connectivity index (χ0) is 20.7. The van der Waals surface area contributed by atoms with Crippen molar-refractivity contribution in [3.05, 3.63) is 34.4 Å². The molecule has 4 nitrogen and oxygen atoms in total. The normalized spacial score (nSPS) is 19.1. The van der Waals surface area contributed by atoms with Crippen molar-refractivity contribution in [3.8, 4) is 0 Å². The highest BCUT2D eigenvalue weighted by Gasteiger charge is 2.47. The van der Waals surface area contributed by atoms with Crippen molar-refractivity contribution >= 4 is 38.2 Å². The Kier molecular flexibility index (Phi) is 6.41. The fourth-order valence-corrected chi connectivity index (χ4v) is 4.51. The van der Waals surface area contributed by atoms with E-state index >= 15 is 0 Å². The van der Waals surface area contributed by atoms with Crippen LogP contribution < -0.4 is 4.72 Å². The molecule has 3 rings (SSSR count). The molecule has 2 heterocycles. The molecule has 9 heteroatoms. The van der Waals surface area contributed by atoms with E-state index in [4.69, 9.17) is 4.74 Å². The molecule has 0 spiro atoms. The van der Waals surface area contributed by atoms with E-state index in [0.717, 1.165) is 22.8 Å². The summed E-state index contributed by atoms with van der Waals surface area (Å²) in [5.41, 5.74) is 0.827. The third-order valence-electron chi connectivity index (χ3n) is 4.83. The summed E-state index contributed by atoms with van der Waals surface area (Å²) in [6.45, 7) is 6.11. The second-order valence-corrected chi connectivity index (χ2v) is 10.9. The van der Waals surface area contributed by atoms with E-state index in [1.807, 2.05) is 10.6 Å². The van der Waals surface area contributed by atoms with Gasteiger partial charge in [0.05, 0.1) is 0 Å². The summed E-state index contributed by atoms with van der Waals surface area (Å²) < 4.78 is 64.0. The molecule has 1 saturated heterocycles. The van der Waals surface area contributed by atoms with Gasteiger partial charge in [0.2, 0.25) is 0 Å². The lowest BCUT2D eigenvalue weighted by Gasteiger charge is -2.29. The summed E-state index contributed by atoms with van der Waals surface area (Å²) in [6, 6.07) is 3.31. The molecule has 156 valence electrons. The average molecular weight is 481 g/mol. The Morgan fingerprint density at radius 3 is 2.46 bits per heavy atom. The monoisotopic (exact) mass is 480 g/mol. The molecule has 1 unspecified atom stereocenters. The third kappa shape index (κ3) is 4.70. The summed E-state index contributed by atoms with van der Waals surface area (Å²) in [5, 5.41) is 0.510. The van der Waals surface area contributed by atoms with Gasteiger partial charge in [-0.05, 0) is 45.7 Å². The van der Waals surface area contributed by atoms with Gasteiger partial charge in [0.1, 0.15) is 4.75 Å². The molecule has 0 bridgehead atoms. The van der Waals surface area contributed by atoms with Crippen LogP contribution in [0.1, 0.15) is 51.3 Å². The molecule has 0 radical (unpaired) electrons. The highest BCUT2D eigenvalue weighted by Crippen LogP contribution is 2.41. The van der Waals surface area contributed by atoms with Crippen LogP contribution in [0.3, 0.4) is 0 Å². The predicted octanol–water partition coefficient (Wildman–Crippen LogP) is 5.41. The molecule has 0 saturated carbocycles. The number of rotatable bonds is 4. The van der Waals surface area contributed by atoms with Crippen LogP contribution in [0.25, 0.3) is 10.9 Å². The fourth-order valence-electron chi connectivity index (χ4n) is 3.34. The largest absolute Gasteiger partial charge is 0.598 e. The van der Waals surface area contributed by atoms with Gasteiger partial charge < -0.3 is 13.9 Å². The zero-order valence-electron chi connectivity index (χ0n) is 16.0. The molecule has 1 aliphatic heterocycles. The number of hydrogen-bond donors (Lipinski definition) is 1. The van der Waals surface area contributed by atoms with Crippen molar-refractivity contribution in [2.45, 2.75) is 56.6 Å². The second kappa shape index (κ2) is 8.18. The van der Waals surface area contributed by atoms with E-state index < -0.39 is 28.3 Å².